The molecule has 1 amide bonds. The second kappa shape index (κ2) is 11.0. The van der Waals surface area contributed by atoms with Gasteiger partial charge in [-0.2, -0.15) is 0 Å². The van der Waals surface area contributed by atoms with Crippen LogP contribution in [0, 0.1) is 6.92 Å². The van der Waals surface area contributed by atoms with E-state index in [0.717, 1.165) is 35.0 Å². The van der Waals surface area contributed by atoms with E-state index in [1.165, 1.54) is 0 Å². The number of amides is 1. The standard InChI is InChI=1S/C29H30BrN3O2/c1-4-5-10-19-32(28(34)22-15-17-23(30)18-16-22)21(3)27-31-25-13-8-7-12-24(25)29(35)33(27)26-14-9-6-11-20(26)2/h6-9,11-18,21H,4-5,10,19H2,1-3H3. The maximum Gasteiger partial charge on any atom is 0.266 e. The number of carbonyl (C=O) groups is 1. The van der Waals surface area contributed by atoms with Crippen LogP contribution in [0.15, 0.2) is 82.1 Å². The van der Waals surface area contributed by atoms with E-state index in [2.05, 4.69) is 22.9 Å². The Labute approximate surface area is 214 Å². The maximum absolute atomic E-state index is 13.8. The first-order valence-corrected chi connectivity index (χ1v) is 12.9. The fourth-order valence-corrected chi connectivity index (χ4v) is 4.64. The Morgan fingerprint density at radius 2 is 1.69 bits per heavy atom. The molecule has 0 bridgehead atoms. The second-order valence-electron chi connectivity index (χ2n) is 8.80. The Balaban J connectivity index is 1.89. The molecule has 35 heavy (non-hydrogen) atoms. The van der Waals surface area contributed by atoms with E-state index in [1.54, 1.807) is 10.6 Å². The van der Waals surface area contributed by atoms with Gasteiger partial charge in [0, 0.05) is 16.6 Å². The van der Waals surface area contributed by atoms with Gasteiger partial charge in [-0.25, -0.2) is 4.98 Å². The molecule has 1 unspecified atom stereocenters. The molecule has 0 saturated carbocycles. The average Bonchev–Trinajstić information content (AvgIpc) is 2.87. The van der Waals surface area contributed by atoms with Gasteiger partial charge in [0.1, 0.15) is 5.82 Å². The van der Waals surface area contributed by atoms with Crippen molar-refractivity contribution in [2.45, 2.75) is 46.1 Å². The first kappa shape index (κ1) is 24.9. The molecule has 0 N–H and O–H groups in total. The zero-order chi connectivity index (χ0) is 24.9. The van der Waals surface area contributed by atoms with E-state index in [1.807, 2.05) is 85.5 Å². The van der Waals surface area contributed by atoms with Gasteiger partial charge in [0.25, 0.3) is 11.5 Å². The first-order chi connectivity index (χ1) is 16.9. The number of aryl methyl sites for hydroxylation is 1. The van der Waals surface area contributed by atoms with Crippen molar-refractivity contribution in [3.05, 3.63) is 105 Å². The monoisotopic (exact) mass is 531 g/mol. The molecule has 1 heterocycles. The molecular formula is C29H30BrN3O2. The summed E-state index contributed by atoms with van der Waals surface area (Å²) in [7, 11) is 0. The molecule has 0 saturated heterocycles. The van der Waals surface area contributed by atoms with Crippen LogP contribution in [0.1, 0.15) is 60.9 Å². The van der Waals surface area contributed by atoms with Crippen molar-refractivity contribution >= 4 is 32.7 Å². The van der Waals surface area contributed by atoms with Gasteiger partial charge < -0.3 is 4.90 Å². The molecule has 0 aliphatic heterocycles. The highest BCUT2D eigenvalue weighted by molar-refractivity contribution is 9.10. The molecule has 1 atom stereocenters. The number of fused-ring (bicyclic) bond motifs is 1. The number of nitrogens with zero attached hydrogens (tertiary/aromatic N) is 3. The molecular weight excluding hydrogens is 502 g/mol. The summed E-state index contributed by atoms with van der Waals surface area (Å²) in [6.45, 7) is 6.68. The molecule has 5 nitrogen and oxygen atoms in total. The molecule has 1 aromatic heterocycles. The lowest BCUT2D eigenvalue weighted by atomic mass is 10.1. The average molecular weight is 532 g/mol. The Morgan fingerprint density at radius 1 is 1.00 bits per heavy atom. The smallest absolute Gasteiger partial charge is 0.266 e. The number of para-hydroxylation sites is 2. The third kappa shape index (κ3) is 5.22. The van der Waals surface area contributed by atoms with E-state index in [9.17, 15) is 9.59 Å². The number of halogens is 1. The van der Waals surface area contributed by atoms with E-state index in [4.69, 9.17) is 4.98 Å². The number of carbonyl (C=O) groups excluding carboxylic acids is 1. The summed E-state index contributed by atoms with van der Waals surface area (Å²) in [6.07, 6.45) is 2.95. The predicted octanol–water partition coefficient (Wildman–Crippen LogP) is 6.85. The molecule has 0 fully saturated rings. The number of unbranched alkanes of at least 4 members (excludes halogenated alkanes) is 2. The quantitative estimate of drug-likeness (QED) is 0.233. The largest absolute Gasteiger partial charge is 0.329 e. The maximum atomic E-state index is 13.8. The third-order valence-corrected chi connectivity index (χ3v) is 6.88. The van der Waals surface area contributed by atoms with Crippen molar-refractivity contribution in [3.8, 4) is 5.69 Å². The minimum absolute atomic E-state index is 0.0696. The molecule has 3 aromatic carbocycles. The van der Waals surface area contributed by atoms with E-state index in [-0.39, 0.29) is 11.5 Å². The van der Waals surface area contributed by atoms with Gasteiger partial charge in [-0.15, -0.1) is 0 Å². The van der Waals surface area contributed by atoms with Gasteiger partial charge in [0.15, 0.2) is 0 Å². The highest BCUT2D eigenvalue weighted by Crippen LogP contribution is 2.26. The van der Waals surface area contributed by atoms with Crippen LogP contribution in [-0.2, 0) is 0 Å². The second-order valence-corrected chi connectivity index (χ2v) is 9.72. The van der Waals surface area contributed by atoms with Gasteiger partial charge >= 0.3 is 0 Å². The molecule has 0 aliphatic carbocycles. The van der Waals surface area contributed by atoms with Crippen molar-refractivity contribution in [2.24, 2.45) is 0 Å². The van der Waals surface area contributed by atoms with Crippen LogP contribution >= 0.6 is 15.9 Å². The van der Waals surface area contributed by atoms with Gasteiger partial charge in [-0.1, -0.05) is 66.0 Å². The van der Waals surface area contributed by atoms with E-state index in [0.29, 0.717) is 28.8 Å². The van der Waals surface area contributed by atoms with Crippen LogP contribution < -0.4 is 5.56 Å². The van der Waals surface area contributed by atoms with Crippen molar-refractivity contribution in [3.63, 3.8) is 0 Å². The van der Waals surface area contributed by atoms with Crippen molar-refractivity contribution < 1.29 is 4.79 Å². The summed E-state index contributed by atoms with van der Waals surface area (Å²) in [5, 5.41) is 0.559. The van der Waals surface area contributed by atoms with Crippen molar-refractivity contribution in [2.75, 3.05) is 6.54 Å². The number of hydrogen-bond donors (Lipinski definition) is 0. The Kier molecular flexibility index (Phi) is 7.81. The highest BCUT2D eigenvalue weighted by atomic mass is 79.9. The topological polar surface area (TPSA) is 55.2 Å². The lowest BCUT2D eigenvalue weighted by molar-refractivity contribution is 0.0677. The molecule has 0 aliphatic rings. The van der Waals surface area contributed by atoms with Crippen LogP contribution in [0.2, 0.25) is 0 Å². The summed E-state index contributed by atoms with van der Waals surface area (Å²) < 4.78 is 2.61. The highest BCUT2D eigenvalue weighted by Gasteiger charge is 2.27. The minimum atomic E-state index is -0.417. The van der Waals surface area contributed by atoms with E-state index < -0.39 is 6.04 Å². The van der Waals surface area contributed by atoms with Crippen molar-refractivity contribution in [1.82, 2.24) is 14.5 Å². The molecule has 180 valence electrons. The zero-order valence-electron chi connectivity index (χ0n) is 20.4. The normalized spacial score (nSPS) is 12.0. The minimum Gasteiger partial charge on any atom is -0.329 e. The van der Waals surface area contributed by atoms with Crippen LogP contribution in [0.4, 0.5) is 0 Å². The Hall–Kier alpha value is -3.25. The summed E-state index contributed by atoms with van der Waals surface area (Å²) in [5.74, 6) is 0.491. The van der Waals surface area contributed by atoms with Gasteiger partial charge in [-0.3, -0.25) is 14.2 Å². The van der Waals surface area contributed by atoms with Gasteiger partial charge in [0.2, 0.25) is 0 Å². The van der Waals surface area contributed by atoms with Crippen LogP contribution in [0.3, 0.4) is 0 Å². The molecule has 0 radical (unpaired) electrons. The molecule has 4 rings (SSSR count). The number of aromatic nitrogens is 2. The lowest BCUT2D eigenvalue weighted by Crippen LogP contribution is -2.38. The van der Waals surface area contributed by atoms with Crippen LogP contribution in [0.5, 0.6) is 0 Å². The lowest BCUT2D eigenvalue weighted by Gasteiger charge is -2.31. The first-order valence-electron chi connectivity index (χ1n) is 12.1. The third-order valence-electron chi connectivity index (χ3n) is 6.35. The van der Waals surface area contributed by atoms with Gasteiger partial charge in [-0.05, 0) is 68.3 Å². The van der Waals surface area contributed by atoms with Crippen molar-refractivity contribution in [1.29, 1.82) is 0 Å². The molecule has 6 heteroatoms. The summed E-state index contributed by atoms with van der Waals surface area (Å²) in [4.78, 5) is 34.3. The van der Waals surface area contributed by atoms with Crippen LogP contribution in [0.25, 0.3) is 16.6 Å². The predicted molar refractivity (Wildman–Crippen MR) is 145 cm³/mol. The fraction of sp³-hybridized carbons (Fsp3) is 0.276. The number of benzene rings is 3. The Bertz CT molecular complexity index is 1400. The molecule has 0 spiro atoms. The fourth-order valence-electron chi connectivity index (χ4n) is 4.38. The molecule has 4 aromatic rings. The summed E-state index contributed by atoms with van der Waals surface area (Å²) in [6, 6.07) is 22.2. The number of rotatable bonds is 8. The zero-order valence-corrected chi connectivity index (χ0v) is 22.0. The van der Waals surface area contributed by atoms with Crippen LogP contribution in [-0.4, -0.2) is 26.9 Å². The Morgan fingerprint density at radius 3 is 2.40 bits per heavy atom. The SMILES string of the molecule is CCCCCN(C(=O)c1ccc(Br)cc1)C(C)c1nc2ccccc2c(=O)n1-c1ccccc1C. The summed E-state index contributed by atoms with van der Waals surface area (Å²) >= 11 is 3.45. The number of hydrogen-bond acceptors (Lipinski definition) is 3. The van der Waals surface area contributed by atoms with Gasteiger partial charge in [0.05, 0.1) is 22.6 Å². The summed E-state index contributed by atoms with van der Waals surface area (Å²) in [5.41, 5.74) is 2.87. The van der Waals surface area contributed by atoms with E-state index >= 15 is 0 Å².